The van der Waals surface area contributed by atoms with Crippen LogP contribution in [0.2, 0.25) is 0 Å². The summed E-state index contributed by atoms with van der Waals surface area (Å²) in [6, 6.07) is 4.08. The second-order valence-corrected chi connectivity index (χ2v) is 2.44. The Morgan fingerprint density at radius 2 is 2.43 bits per heavy atom. The molecule has 1 heterocycles. The number of nitrogens with zero attached hydrogens (tertiary/aromatic N) is 1. The Bertz CT molecular complexity index is 140. The first kappa shape index (κ1) is 4.98. The van der Waals surface area contributed by atoms with E-state index in [1.54, 1.807) is 0 Å². The topological polar surface area (TPSA) is 4.93 Å². The number of rotatable bonds is 0. The van der Waals surface area contributed by atoms with Crippen LogP contribution in [0, 0.1) is 0 Å². The fraction of sp³-hybridized carbons (Fsp3) is 0.200. The van der Waals surface area contributed by atoms with Gasteiger partial charge in [0, 0.05) is 0 Å². The van der Waals surface area contributed by atoms with Gasteiger partial charge in [-0.3, -0.25) is 0 Å². The van der Waals surface area contributed by atoms with E-state index in [2.05, 4.69) is 27.5 Å². The summed E-state index contributed by atoms with van der Waals surface area (Å²) >= 11 is 2.50. The molecule has 0 saturated heterocycles. The Labute approximate surface area is 51.8 Å². The number of hydrogen-bond donors (Lipinski definition) is 0. The molecule has 0 fully saturated rings. The van der Waals surface area contributed by atoms with E-state index in [-0.39, 0.29) is 0 Å². The maximum atomic E-state index is 2.50. The third-order valence-corrected chi connectivity index (χ3v) is 1.89. The maximum absolute atomic E-state index is 2.50. The molecule has 1 nitrogen and oxygen atoms in total. The minimum atomic E-state index is 1.24. The summed E-state index contributed by atoms with van der Waals surface area (Å²) in [6.07, 6.45) is 2.02. The molecular formula is C5H6AsN. The van der Waals surface area contributed by atoms with E-state index >= 15 is 0 Å². The van der Waals surface area contributed by atoms with E-state index in [1.165, 1.54) is 4.48 Å². The van der Waals surface area contributed by atoms with E-state index in [1.807, 2.05) is 19.3 Å². The van der Waals surface area contributed by atoms with E-state index in [9.17, 15) is 0 Å². The fourth-order valence-corrected chi connectivity index (χ4v) is 0.773. The van der Waals surface area contributed by atoms with Crippen molar-refractivity contribution >= 4 is 21.3 Å². The molecule has 0 saturated carbocycles. The predicted molar refractivity (Wildman–Crippen MR) is 30.8 cm³/mol. The standard InChI is InChI=1S/C5H6AsN/c1-7-4-2-3-5(7)6/h2-4H,1H3. The van der Waals surface area contributed by atoms with Crippen LogP contribution in [0.4, 0.5) is 0 Å². The molecule has 1 aromatic rings. The van der Waals surface area contributed by atoms with Crippen LogP contribution in [-0.4, -0.2) is 21.4 Å². The molecule has 0 aliphatic carbocycles. The summed E-state index contributed by atoms with van der Waals surface area (Å²) in [5.41, 5.74) is 0. The van der Waals surface area contributed by atoms with Crippen molar-refractivity contribution in [3.8, 4) is 0 Å². The van der Waals surface area contributed by atoms with Crippen molar-refractivity contribution in [1.29, 1.82) is 0 Å². The molecule has 1 aromatic heterocycles. The normalized spacial score (nSPS) is 9.43. The third-order valence-electron chi connectivity index (χ3n) is 0.916. The van der Waals surface area contributed by atoms with Gasteiger partial charge in [-0.1, -0.05) is 0 Å². The average molecular weight is 155 g/mol. The molecule has 2 radical (unpaired) electrons. The summed E-state index contributed by atoms with van der Waals surface area (Å²) in [5.74, 6) is 0. The molecule has 36 valence electrons. The Morgan fingerprint density at radius 1 is 1.71 bits per heavy atom. The van der Waals surface area contributed by atoms with E-state index < -0.39 is 0 Å². The van der Waals surface area contributed by atoms with Gasteiger partial charge in [-0.15, -0.1) is 0 Å². The van der Waals surface area contributed by atoms with Crippen LogP contribution in [-0.2, 0) is 7.05 Å². The van der Waals surface area contributed by atoms with E-state index in [0.29, 0.717) is 0 Å². The summed E-state index contributed by atoms with van der Waals surface area (Å²) < 4.78 is 3.30. The van der Waals surface area contributed by atoms with Gasteiger partial charge in [-0.05, 0) is 0 Å². The van der Waals surface area contributed by atoms with Crippen LogP contribution in [0.3, 0.4) is 0 Å². The molecule has 0 bridgehead atoms. The van der Waals surface area contributed by atoms with Gasteiger partial charge in [0.1, 0.15) is 0 Å². The van der Waals surface area contributed by atoms with Gasteiger partial charge >= 0.3 is 51.3 Å². The fourth-order valence-electron chi connectivity index (χ4n) is 0.452. The molecule has 7 heavy (non-hydrogen) atoms. The molecule has 0 amide bonds. The minimum absolute atomic E-state index is 1.24. The SMILES string of the molecule is Cn1cccc1[As]. The van der Waals surface area contributed by atoms with Gasteiger partial charge in [-0.25, -0.2) is 0 Å². The summed E-state index contributed by atoms with van der Waals surface area (Å²) in [7, 11) is 2.02. The van der Waals surface area contributed by atoms with Gasteiger partial charge < -0.3 is 0 Å². The van der Waals surface area contributed by atoms with Crippen molar-refractivity contribution in [1.82, 2.24) is 4.57 Å². The molecule has 0 spiro atoms. The molecule has 0 aromatic carbocycles. The third kappa shape index (κ3) is 0.889. The van der Waals surface area contributed by atoms with Crippen LogP contribution in [0.25, 0.3) is 0 Å². The van der Waals surface area contributed by atoms with E-state index in [4.69, 9.17) is 0 Å². The quantitative estimate of drug-likeness (QED) is 0.458. The van der Waals surface area contributed by atoms with Gasteiger partial charge in [0.05, 0.1) is 0 Å². The molecule has 0 aliphatic rings. The van der Waals surface area contributed by atoms with E-state index in [0.717, 1.165) is 0 Å². The predicted octanol–water partition coefficient (Wildman–Crippen LogP) is -0.181. The second-order valence-electron chi connectivity index (χ2n) is 1.48. The van der Waals surface area contributed by atoms with Gasteiger partial charge in [-0.2, -0.15) is 0 Å². The molecule has 0 atom stereocenters. The Morgan fingerprint density at radius 3 is 2.57 bits per heavy atom. The van der Waals surface area contributed by atoms with Crippen LogP contribution in [0.5, 0.6) is 0 Å². The van der Waals surface area contributed by atoms with Crippen molar-refractivity contribution in [3.05, 3.63) is 18.3 Å². The second kappa shape index (κ2) is 1.75. The van der Waals surface area contributed by atoms with Crippen LogP contribution < -0.4 is 4.48 Å². The van der Waals surface area contributed by atoms with Crippen LogP contribution in [0.1, 0.15) is 0 Å². The molecule has 2 heteroatoms. The zero-order valence-electron chi connectivity index (χ0n) is 4.13. The first-order valence-electron chi connectivity index (χ1n) is 2.11. The molecule has 0 unspecified atom stereocenters. The zero-order valence-corrected chi connectivity index (χ0v) is 6.00. The number of hydrogen-bond acceptors (Lipinski definition) is 0. The first-order valence-corrected chi connectivity index (χ1v) is 3.05. The number of aryl methyl sites for hydroxylation is 1. The van der Waals surface area contributed by atoms with Gasteiger partial charge in [0.25, 0.3) is 0 Å². The van der Waals surface area contributed by atoms with Crippen molar-refractivity contribution in [3.63, 3.8) is 0 Å². The zero-order chi connectivity index (χ0) is 5.28. The Kier molecular flexibility index (Phi) is 1.25. The Balaban J connectivity index is 3.12. The Hall–Kier alpha value is -0.162. The first-order chi connectivity index (χ1) is 3.30. The van der Waals surface area contributed by atoms with Crippen molar-refractivity contribution in [2.24, 2.45) is 7.05 Å². The number of aromatic nitrogens is 1. The summed E-state index contributed by atoms with van der Waals surface area (Å²) in [5, 5.41) is 0. The average Bonchev–Trinajstić information content (AvgIpc) is 1.91. The molecule has 0 N–H and O–H groups in total. The van der Waals surface area contributed by atoms with Crippen LogP contribution >= 0.6 is 0 Å². The van der Waals surface area contributed by atoms with Crippen molar-refractivity contribution in [2.75, 3.05) is 0 Å². The van der Waals surface area contributed by atoms with Gasteiger partial charge in [0.15, 0.2) is 0 Å². The molecule has 1 rings (SSSR count). The molecule has 0 aliphatic heterocycles. The van der Waals surface area contributed by atoms with Crippen molar-refractivity contribution in [2.45, 2.75) is 0 Å². The van der Waals surface area contributed by atoms with Crippen LogP contribution in [0.15, 0.2) is 18.3 Å². The monoisotopic (exact) mass is 155 g/mol. The van der Waals surface area contributed by atoms with Crippen molar-refractivity contribution < 1.29 is 0 Å². The molecular weight excluding hydrogens is 149 g/mol. The summed E-state index contributed by atoms with van der Waals surface area (Å²) in [4.78, 5) is 0. The van der Waals surface area contributed by atoms with Gasteiger partial charge in [0.2, 0.25) is 0 Å². The summed E-state index contributed by atoms with van der Waals surface area (Å²) in [6.45, 7) is 0.